The van der Waals surface area contributed by atoms with Crippen LogP contribution in [-0.2, 0) is 6.18 Å². The summed E-state index contributed by atoms with van der Waals surface area (Å²) in [6.07, 6.45) is -3.13. The molecule has 0 bridgehead atoms. The molecule has 3 nitrogen and oxygen atoms in total. The number of halogens is 5. The molecule has 0 atom stereocenters. The fourth-order valence-corrected chi connectivity index (χ4v) is 3.04. The minimum absolute atomic E-state index is 0.0535. The first-order valence-electron chi connectivity index (χ1n) is 7.02. The van der Waals surface area contributed by atoms with Gasteiger partial charge < -0.3 is 0 Å². The first-order valence-corrected chi connectivity index (χ1v) is 11.3. The first kappa shape index (κ1) is 19.4. The van der Waals surface area contributed by atoms with Crippen LogP contribution < -0.4 is 0 Å². The van der Waals surface area contributed by atoms with Crippen LogP contribution in [0.5, 0.6) is 0 Å². The Balaban J connectivity index is 2.59. The van der Waals surface area contributed by atoms with Gasteiger partial charge in [-0.2, -0.15) is 23.5 Å². The van der Waals surface area contributed by atoms with Gasteiger partial charge in [0.05, 0.1) is 21.2 Å². The summed E-state index contributed by atoms with van der Waals surface area (Å²) in [5.41, 5.74) is 2.63. The summed E-state index contributed by atoms with van der Waals surface area (Å²) in [5, 5.41) is 12.8. The van der Waals surface area contributed by atoms with Gasteiger partial charge in [-0.05, 0) is 12.1 Å². The summed E-state index contributed by atoms with van der Waals surface area (Å²) in [5.74, 6) is 2.91. The van der Waals surface area contributed by atoms with E-state index in [4.69, 9.17) is 23.2 Å². The molecule has 25 heavy (non-hydrogen) atoms. The van der Waals surface area contributed by atoms with Gasteiger partial charge in [-0.15, -0.1) is 5.54 Å². The molecule has 0 aliphatic heterocycles. The van der Waals surface area contributed by atoms with Crippen molar-refractivity contribution in [1.82, 2.24) is 9.78 Å². The van der Waals surface area contributed by atoms with Crippen LogP contribution in [0.3, 0.4) is 0 Å². The molecule has 1 aromatic heterocycles. The van der Waals surface area contributed by atoms with Gasteiger partial charge in [-0.25, -0.2) is 4.68 Å². The van der Waals surface area contributed by atoms with Crippen LogP contribution >= 0.6 is 23.2 Å². The Morgan fingerprint density at radius 1 is 1.16 bits per heavy atom. The summed E-state index contributed by atoms with van der Waals surface area (Å²) in [6.45, 7) is 6.13. The van der Waals surface area contributed by atoms with Gasteiger partial charge in [0.15, 0.2) is 5.69 Å². The van der Waals surface area contributed by atoms with Gasteiger partial charge in [0.2, 0.25) is 0 Å². The maximum absolute atomic E-state index is 12.8. The molecule has 2 rings (SSSR count). The van der Waals surface area contributed by atoms with Crippen LogP contribution in [0.15, 0.2) is 18.3 Å². The van der Waals surface area contributed by atoms with E-state index in [1.807, 2.05) is 25.7 Å². The molecule has 130 valence electrons. The van der Waals surface area contributed by atoms with Crippen LogP contribution in [0, 0.1) is 22.8 Å². The Hall–Kier alpha value is -1.93. The van der Waals surface area contributed by atoms with E-state index in [0.29, 0.717) is 5.56 Å². The topological polar surface area (TPSA) is 41.6 Å². The highest BCUT2D eigenvalue weighted by atomic mass is 35.5. The number of rotatable bonds is 1. The Morgan fingerprint density at radius 2 is 1.72 bits per heavy atom. The minimum atomic E-state index is -4.57. The Labute approximate surface area is 154 Å². The van der Waals surface area contributed by atoms with Gasteiger partial charge in [-0.1, -0.05) is 48.8 Å². The quantitative estimate of drug-likeness (QED) is 0.480. The molecule has 0 aliphatic rings. The maximum Gasteiger partial charge on any atom is 0.416 e. The monoisotopic (exact) mass is 401 g/mol. The molecular formula is C16H12Cl2F3N3Si. The standard InChI is InChI=1S/C16H12Cl2F3N3Si/c1-25(2,3)5-4-10-9-24(23-14(10)8-22)15-12(17)6-11(7-13(15)18)16(19,20)21/h6-7,9H,1-3H3. The molecule has 1 heterocycles. The summed E-state index contributed by atoms with van der Waals surface area (Å²) in [4.78, 5) is 0. The molecule has 0 spiro atoms. The predicted molar refractivity (Wildman–Crippen MR) is 93.5 cm³/mol. The Bertz CT molecular complexity index is 902. The SMILES string of the molecule is C[Si](C)(C)C#Cc1cn(-c2c(Cl)cc(C(F)(F)F)cc2Cl)nc1C#N. The Kier molecular flexibility index (Phi) is 5.24. The van der Waals surface area contributed by atoms with E-state index in [2.05, 4.69) is 16.6 Å². The van der Waals surface area contributed by atoms with E-state index < -0.39 is 19.8 Å². The van der Waals surface area contributed by atoms with E-state index in [0.717, 1.165) is 12.1 Å². The van der Waals surface area contributed by atoms with Crippen LogP contribution in [0.25, 0.3) is 5.69 Å². The lowest BCUT2D eigenvalue weighted by Gasteiger charge is -2.12. The lowest BCUT2D eigenvalue weighted by atomic mass is 10.2. The van der Waals surface area contributed by atoms with Crippen LogP contribution in [0.1, 0.15) is 16.8 Å². The van der Waals surface area contributed by atoms with Crippen molar-refractivity contribution in [2.24, 2.45) is 0 Å². The molecule has 0 saturated heterocycles. The first-order chi connectivity index (χ1) is 11.4. The average Bonchev–Trinajstić information content (AvgIpc) is 2.85. The molecule has 0 aliphatic carbocycles. The molecule has 2 aromatic rings. The molecule has 0 amide bonds. The van der Waals surface area contributed by atoms with Crippen molar-refractivity contribution in [3.63, 3.8) is 0 Å². The van der Waals surface area contributed by atoms with Crippen molar-refractivity contribution in [1.29, 1.82) is 5.26 Å². The zero-order chi connectivity index (χ0) is 19.0. The van der Waals surface area contributed by atoms with Crippen molar-refractivity contribution in [2.75, 3.05) is 0 Å². The molecule has 0 radical (unpaired) electrons. The number of benzene rings is 1. The largest absolute Gasteiger partial charge is 0.416 e. The maximum atomic E-state index is 12.8. The zero-order valence-electron chi connectivity index (χ0n) is 13.5. The smallest absolute Gasteiger partial charge is 0.235 e. The normalized spacial score (nSPS) is 11.6. The molecule has 0 unspecified atom stereocenters. The molecule has 0 saturated carbocycles. The van der Waals surface area contributed by atoms with Crippen molar-refractivity contribution < 1.29 is 13.2 Å². The summed E-state index contributed by atoms with van der Waals surface area (Å²) < 4.78 is 39.6. The van der Waals surface area contributed by atoms with E-state index >= 15 is 0 Å². The molecular weight excluding hydrogens is 390 g/mol. The van der Waals surface area contributed by atoms with Crippen LogP contribution in [0.4, 0.5) is 13.2 Å². The zero-order valence-corrected chi connectivity index (χ0v) is 16.0. The summed E-state index contributed by atoms with van der Waals surface area (Å²) in [6, 6.07) is 3.45. The summed E-state index contributed by atoms with van der Waals surface area (Å²) >= 11 is 11.9. The second-order valence-corrected chi connectivity index (χ2v) is 11.8. The number of nitrogens with zero attached hydrogens (tertiary/aromatic N) is 3. The van der Waals surface area contributed by atoms with Gasteiger partial charge in [0, 0.05) is 6.20 Å². The highest BCUT2D eigenvalue weighted by Gasteiger charge is 2.32. The van der Waals surface area contributed by atoms with Gasteiger partial charge >= 0.3 is 6.18 Å². The second kappa shape index (κ2) is 6.76. The third-order valence-corrected chi connectivity index (χ3v) is 4.42. The summed E-state index contributed by atoms with van der Waals surface area (Å²) in [7, 11) is -1.68. The molecule has 9 heteroatoms. The van der Waals surface area contributed by atoms with Crippen LogP contribution in [0.2, 0.25) is 29.7 Å². The van der Waals surface area contributed by atoms with E-state index in [-0.39, 0.29) is 21.4 Å². The third-order valence-electron chi connectivity index (χ3n) is 2.97. The van der Waals surface area contributed by atoms with Crippen molar-refractivity contribution in [3.05, 3.63) is 45.2 Å². The fraction of sp³-hybridized carbons (Fsp3) is 0.250. The van der Waals surface area contributed by atoms with E-state index in [1.54, 1.807) is 0 Å². The Morgan fingerprint density at radius 3 is 2.16 bits per heavy atom. The highest BCUT2D eigenvalue weighted by molar-refractivity contribution is 6.83. The van der Waals surface area contributed by atoms with E-state index in [9.17, 15) is 18.4 Å². The predicted octanol–water partition coefficient (Wildman–Crippen LogP) is 5.30. The van der Waals surface area contributed by atoms with Crippen molar-refractivity contribution in [3.8, 4) is 23.2 Å². The number of hydrogen-bond donors (Lipinski definition) is 0. The van der Waals surface area contributed by atoms with Crippen molar-refractivity contribution in [2.45, 2.75) is 25.8 Å². The van der Waals surface area contributed by atoms with Gasteiger partial charge in [-0.3, -0.25) is 0 Å². The van der Waals surface area contributed by atoms with Gasteiger partial charge in [0.1, 0.15) is 19.8 Å². The molecule has 1 aromatic carbocycles. The minimum Gasteiger partial charge on any atom is -0.235 e. The molecule has 0 fully saturated rings. The van der Waals surface area contributed by atoms with Gasteiger partial charge in [0.25, 0.3) is 0 Å². The number of alkyl halides is 3. The second-order valence-electron chi connectivity index (χ2n) is 6.23. The van der Waals surface area contributed by atoms with E-state index in [1.165, 1.54) is 10.9 Å². The number of aromatic nitrogens is 2. The molecule has 0 N–H and O–H groups in total. The lowest BCUT2D eigenvalue weighted by molar-refractivity contribution is -0.137. The fourth-order valence-electron chi connectivity index (χ4n) is 1.87. The van der Waals surface area contributed by atoms with Crippen LogP contribution in [-0.4, -0.2) is 17.9 Å². The lowest BCUT2D eigenvalue weighted by Crippen LogP contribution is -2.16. The third kappa shape index (κ3) is 4.58. The number of nitriles is 1. The average molecular weight is 402 g/mol. The highest BCUT2D eigenvalue weighted by Crippen LogP contribution is 2.37. The van der Waals surface area contributed by atoms with Crippen molar-refractivity contribution >= 4 is 31.3 Å². The number of hydrogen-bond acceptors (Lipinski definition) is 2.